The molecule has 1 heterocycles. The van der Waals surface area contributed by atoms with Gasteiger partial charge in [0, 0.05) is 27.5 Å². The number of ether oxygens (including phenoxy) is 1. The molecule has 1 nitrogen and oxygen atoms in total. The van der Waals surface area contributed by atoms with Crippen LogP contribution >= 0.6 is 0 Å². The molecule has 0 saturated heterocycles. The van der Waals surface area contributed by atoms with Crippen LogP contribution in [0.2, 0.25) is 0 Å². The SMILES string of the molecule is CC1(C)c2ccccc2Oc2c(-c3ccc4c(c3)C(C)(c3ccccc3)c3c-4ccc4ccccc34)cccc21. The lowest BCUT2D eigenvalue weighted by atomic mass is 9.72. The lowest BCUT2D eigenvalue weighted by Crippen LogP contribution is -2.24. The second-order valence-electron chi connectivity index (χ2n) is 11.9. The van der Waals surface area contributed by atoms with E-state index in [1.54, 1.807) is 0 Å². The summed E-state index contributed by atoms with van der Waals surface area (Å²) in [5.41, 5.74) is 11.0. The number of fused-ring (bicyclic) bond motifs is 7. The molecular formula is C39H30O. The van der Waals surface area contributed by atoms with E-state index in [4.69, 9.17) is 4.74 Å². The van der Waals surface area contributed by atoms with Crippen molar-refractivity contribution in [3.8, 4) is 33.8 Å². The van der Waals surface area contributed by atoms with Gasteiger partial charge in [0.25, 0.3) is 0 Å². The highest BCUT2D eigenvalue weighted by Gasteiger charge is 2.42. The molecule has 0 radical (unpaired) electrons. The number of hydrogen-bond acceptors (Lipinski definition) is 1. The minimum Gasteiger partial charge on any atom is -0.456 e. The second kappa shape index (κ2) is 8.19. The van der Waals surface area contributed by atoms with Crippen molar-refractivity contribution in [2.45, 2.75) is 31.6 Å². The summed E-state index contributed by atoms with van der Waals surface area (Å²) in [4.78, 5) is 0. The molecule has 0 amide bonds. The average molecular weight is 515 g/mol. The molecular weight excluding hydrogens is 484 g/mol. The quantitative estimate of drug-likeness (QED) is 0.223. The fourth-order valence-corrected chi connectivity index (χ4v) is 7.29. The third-order valence-corrected chi connectivity index (χ3v) is 9.40. The van der Waals surface area contributed by atoms with Crippen LogP contribution in [0.3, 0.4) is 0 Å². The van der Waals surface area contributed by atoms with Crippen molar-refractivity contribution in [2.75, 3.05) is 0 Å². The number of benzene rings is 6. The Balaban J connectivity index is 1.38. The van der Waals surface area contributed by atoms with Crippen LogP contribution in [0.25, 0.3) is 33.0 Å². The van der Waals surface area contributed by atoms with Crippen molar-refractivity contribution in [2.24, 2.45) is 0 Å². The molecule has 0 N–H and O–H groups in total. The first kappa shape index (κ1) is 23.3. The van der Waals surface area contributed by atoms with Crippen LogP contribution in [-0.4, -0.2) is 0 Å². The van der Waals surface area contributed by atoms with E-state index in [2.05, 4.69) is 148 Å². The van der Waals surface area contributed by atoms with Gasteiger partial charge in [-0.2, -0.15) is 0 Å². The van der Waals surface area contributed by atoms with Gasteiger partial charge in [-0.3, -0.25) is 0 Å². The Bertz CT molecular complexity index is 1960. The molecule has 6 aromatic carbocycles. The van der Waals surface area contributed by atoms with E-state index in [1.165, 1.54) is 55.3 Å². The third kappa shape index (κ3) is 3.04. The van der Waals surface area contributed by atoms with Crippen LogP contribution in [0.4, 0.5) is 0 Å². The van der Waals surface area contributed by atoms with Crippen LogP contribution in [0, 0.1) is 0 Å². The maximum Gasteiger partial charge on any atom is 0.139 e. The molecule has 6 aromatic rings. The van der Waals surface area contributed by atoms with Gasteiger partial charge in [0.15, 0.2) is 0 Å². The van der Waals surface area contributed by atoms with Crippen molar-refractivity contribution in [1.82, 2.24) is 0 Å². The average Bonchev–Trinajstić information content (AvgIpc) is 3.26. The molecule has 0 saturated carbocycles. The predicted octanol–water partition coefficient (Wildman–Crippen LogP) is 10.3. The molecule has 0 bridgehead atoms. The van der Waals surface area contributed by atoms with E-state index >= 15 is 0 Å². The summed E-state index contributed by atoms with van der Waals surface area (Å²) in [6, 6.07) is 46.4. The first-order chi connectivity index (χ1) is 19.5. The maximum absolute atomic E-state index is 6.67. The molecule has 0 spiro atoms. The first-order valence-corrected chi connectivity index (χ1v) is 14.1. The smallest absolute Gasteiger partial charge is 0.139 e. The zero-order chi connectivity index (χ0) is 27.1. The zero-order valence-corrected chi connectivity index (χ0v) is 23.0. The van der Waals surface area contributed by atoms with E-state index in [0.717, 1.165) is 17.1 Å². The van der Waals surface area contributed by atoms with Crippen LogP contribution < -0.4 is 4.74 Å². The Hall–Kier alpha value is -4.62. The third-order valence-electron chi connectivity index (χ3n) is 9.40. The standard InChI is InChI=1S/C39H30O/c1-38(2)32-17-9-10-19-35(32)40-37-29(16-11-18-33(37)38)26-21-22-30-31-23-20-25-12-7-8-15-28(25)36(31)39(3,34(30)24-26)27-13-5-4-6-14-27/h4-24H,1-3H3. The van der Waals surface area contributed by atoms with Gasteiger partial charge in [0.1, 0.15) is 11.5 Å². The zero-order valence-electron chi connectivity index (χ0n) is 23.0. The fraction of sp³-hybridized carbons (Fsp3) is 0.128. The molecule has 8 rings (SSSR count). The molecule has 0 fully saturated rings. The molecule has 1 heteroatoms. The van der Waals surface area contributed by atoms with Crippen LogP contribution in [-0.2, 0) is 10.8 Å². The Morgan fingerprint density at radius 2 is 1.25 bits per heavy atom. The van der Waals surface area contributed by atoms with Gasteiger partial charge in [-0.25, -0.2) is 0 Å². The summed E-state index contributed by atoms with van der Waals surface area (Å²) in [7, 11) is 0. The highest BCUT2D eigenvalue weighted by Crippen LogP contribution is 2.56. The molecule has 2 aliphatic rings. The summed E-state index contributed by atoms with van der Waals surface area (Å²) >= 11 is 0. The van der Waals surface area contributed by atoms with Crippen molar-refractivity contribution in [1.29, 1.82) is 0 Å². The lowest BCUT2D eigenvalue weighted by molar-refractivity contribution is 0.419. The van der Waals surface area contributed by atoms with Gasteiger partial charge < -0.3 is 4.74 Å². The minimum absolute atomic E-state index is 0.148. The largest absolute Gasteiger partial charge is 0.456 e. The Morgan fingerprint density at radius 3 is 2.12 bits per heavy atom. The number of hydrogen-bond donors (Lipinski definition) is 0. The normalized spacial score (nSPS) is 17.9. The van der Waals surface area contributed by atoms with Crippen molar-refractivity contribution in [3.05, 3.63) is 155 Å². The summed E-state index contributed by atoms with van der Waals surface area (Å²) < 4.78 is 6.67. The second-order valence-corrected chi connectivity index (χ2v) is 11.9. The lowest BCUT2D eigenvalue weighted by Gasteiger charge is -2.35. The Morgan fingerprint density at radius 1 is 0.525 bits per heavy atom. The number of para-hydroxylation sites is 2. The van der Waals surface area contributed by atoms with Crippen molar-refractivity contribution < 1.29 is 4.74 Å². The van der Waals surface area contributed by atoms with E-state index < -0.39 is 0 Å². The monoisotopic (exact) mass is 514 g/mol. The summed E-state index contributed by atoms with van der Waals surface area (Å²) in [5.74, 6) is 1.91. The summed E-state index contributed by atoms with van der Waals surface area (Å²) in [5, 5.41) is 2.60. The molecule has 1 atom stereocenters. The first-order valence-electron chi connectivity index (χ1n) is 14.1. The molecule has 40 heavy (non-hydrogen) atoms. The molecule has 1 aliphatic carbocycles. The van der Waals surface area contributed by atoms with Gasteiger partial charge in [0.2, 0.25) is 0 Å². The Kier molecular flexibility index (Phi) is 4.77. The highest BCUT2D eigenvalue weighted by atomic mass is 16.5. The molecule has 192 valence electrons. The van der Waals surface area contributed by atoms with Gasteiger partial charge in [-0.15, -0.1) is 0 Å². The van der Waals surface area contributed by atoms with Crippen molar-refractivity contribution >= 4 is 10.8 Å². The predicted molar refractivity (Wildman–Crippen MR) is 165 cm³/mol. The Labute approximate surface area is 235 Å². The van der Waals surface area contributed by atoms with Crippen LogP contribution in [0.1, 0.15) is 48.6 Å². The highest BCUT2D eigenvalue weighted by molar-refractivity contribution is 5.99. The van der Waals surface area contributed by atoms with Gasteiger partial charge >= 0.3 is 0 Å². The number of rotatable bonds is 2. The summed E-state index contributed by atoms with van der Waals surface area (Å²) in [6.07, 6.45) is 0. The van der Waals surface area contributed by atoms with E-state index in [-0.39, 0.29) is 10.8 Å². The van der Waals surface area contributed by atoms with Crippen LogP contribution in [0.15, 0.2) is 127 Å². The topological polar surface area (TPSA) is 9.23 Å². The van der Waals surface area contributed by atoms with E-state index in [9.17, 15) is 0 Å². The van der Waals surface area contributed by atoms with E-state index in [1.807, 2.05) is 0 Å². The van der Waals surface area contributed by atoms with Gasteiger partial charge in [0.05, 0.1) is 0 Å². The molecule has 0 aromatic heterocycles. The van der Waals surface area contributed by atoms with E-state index in [0.29, 0.717) is 0 Å². The molecule has 1 aliphatic heterocycles. The summed E-state index contributed by atoms with van der Waals surface area (Å²) in [6.45, 7) is 7.00. The maximum atomic E-state index is 6.67. The van der Waals surface area contributed by atoms with Gasteiger partial charge in [-0.1, -0.05) is 129 Å². The van der Waals surface area contributed by atoms with Gasteiger partial charge in [-0.05, 0) is 63.2 Å². The minimum atomic E-state index is -0.287. The van der Waals surface area contributed by atoms with Crippen molar-refractivity contribution in [3.63, 3.8) is 0 Å². The molecule has 1 unspecified atom stereocenters. The van der Waals surface area contributed by atoms with Crippen LogP contribution in [0.5, 0.6) is 11.5 Å². The fourth-order valence-electron chi connectivity index (χ4n) is 7.29.